The van der Waals surface area contributed by atoms with Gasteiger partial charge < -0.3 is 24.8 Å². The second-order valence-electron chi connectivity index (χ2n) is 6.44. The molecule has 1 aromatic carbocycles. The number of hydrogen-bond donors (Lipinski definition) is 2. The number of aryl methyl sites for hydroxylation is 1. The number of benzene rings is 1. The molecule has 0 radical (unpaired) electrons. The number of hydrogen-bond acceptors (Lipinski definition) is 4. The minimum absolute atomic E-state index is 0. The van der Waals surface area contributed by atoms with Gasteiger partial charge in [-0.15, -0.1) is 24.0 Å². The molecule has 6 nitrogen and oxygen atoms in total. The summed E-state index contributed by atoms with van der Waals surface area (Å²) in [6.45, 7) is 4.10. The maximum atomic E-state index is 5.66. The van der Waals surface area contributed by atoms with E-state index >= 15 is 0 Å². The summed E-state index contributed by atoms with van der Waals surface area (Å²) in [5.41, 5.74) is 1.32. The Bertz CT molecular complexity index is 520. The Labute approximate surface area is 180 Å². The maximum Gasteiger partial charge on any atom is 0.190 e. The van der Waals surface area contributed by atoms with Crippen molar-refractivity contribution < 1.29 is 14.2 Å². The predicted octanol–water partition coefficient (Wildman–Crippen LogP) is 3.00. The van der Waals surface area contributed by atoms with Crippen molar-refractivity contribution in [3.63, 3.8) is 0 Å². The van der Waals surface area contributed by atoms with Crippen LogP contribution < -0.4 is 15.4 Å². The summed E-state index contributed by atoms with van der Waals surface area (Å²) in [5.74, 6) is 1.75. The SMILES string of the molecule is CN=C(NCCCOCC1CCCO1)NCCCc1ccc(OC)cc1.I. The number of nitrogens with zero attached hydrogens (tertiary/aromatic N) is 1. The van der Waals surface area contributed by atoms with Crippen LogP contribution in [0.1, 0.15) is 31.2 Å². The van der Waals surface area contributed by atoms with Gasteiger partial charge in [0.1, 0.15) is 5.75 Å². The number of aliphatic imine (C=N–C) groups is 1. The molecule has 7 heteroatoms. The largest absolute Gasteiger partial charge is 0.497 e. The molecular formula is C20H34IN3O3. The van der Waals surface area contributed by atoms with Crippen molar-refractivity contribution in [2.45, 2.75) is 38.2 Å². The van der Waals surface area contributed by atoms with E-state index in [-0.39, 0.29) is 24.0 Å². The highest BCUT2D eigenvalue weighted by molar-refractivity contribution is 14.0. The first-order valence-electron chi connectivity index (χ1n) is 9.58. The number of ether oxygens (including phenoxy) is 3. The zero-order chi connectivity index (χ0) is 18.5. The van der Waals surface area contributed by atoms with Gasteiger partial charge in [0.05, 0.1) is 19.8 Å². The lowest BCUT2D eigenvalue weighted by atomic mass is 10.1. The van der Waals surface area contributed by atoms with E-state index < -0.39 is 0 Å². The summed E-state index contributed by atoms with van der Waals surface area (Å²) < 4.78 is 16.4. The molecule has 27 heavy (non-hydrogen) atoms. The van der Waals surface area contributed by atoms with Gasteiger partial charge in [0.25, 0.3) is 0 Å². The van der Waals surface area contributed by atoms with E-state index in [4.69, 9.17) is 14.2 Å². The van der Waals surface area contributed by atoms with Crippen molar-refractivity contribution in [1.29, 1.82) is 0 Å². The van der Waals surface area contributed by atoms with Crippen LogP contribution in [0.4, 0.5) is 0 Å². The zero-order valence-electron chi connectivity index (χ0n) is 16.5. The summed E-state index contributed by atoms with van der Waals surface area (Å²) in [4.78, 5) is 4.25. The average molecular weight is 491 g/mol. The van der Waals surface area contributed by atoms with Gasteiger partial charge in [0.15, 0.2) is 5.96 Å². The minimum atomic E-state index is 0. The Kier molecular flexibility index (Phi) is 13.3. The molecule has 0 saturated carbocycles. The Hall–Kier alpha value is -1.06. The topological polar surface area (TPSA) is 64.1 Å². The third-order valence-electron chi connectivity index (χ3n) is 4.40. The summed E-state index contributed by atoms with van der Waals surface area (Å²) in [6.07, 6.45) is 5.64. The fourth-order valence-electron chi connectivity index (χ4n) is 2.88. The monoisotopic (exact) mass is 491 g/mol. The number of nitrogens with one attached hydrogen (secondary N) is 2. The lowest BCUT2D eigenvalue weighted by Crippen LogP contribution is -2.38. The van der Waals surface area contributed by atoms with Crippen molar-refractivity contribution in [3.05, 3.63) is 29.8 Å². The highest BCUT2D eigenvalue weighted by atomic mass is 127. The van der Waals surface area contributed by atoms with Crippen LogP contribution in [-0.4, -0.2) is 59.1 Å². The Morgan fingerprint density at radius 2 is 1.93 bits per heavy atom. The van der Waals surface area contributed by atoms with Crippen LogP contribution >= 0.6 is 24.0 Å². The highest BCUT2D eigenvalue weighted by Crippen LogP contribution is 2.12. The molecule has 1 fully saturated rings. The summed E-state index contributed by atoms with van der Waals surface area (Å²) in [5, 5.41) is 6.67. The Balaban J connectivity index is 0.00000364. The molecule has 1 aromatic rings. The van der Waals surface area contributed by atoms with Crippen LogP contribution in [0, 0.1) is 0 Å². The molecule has 1 aliphatic heterocycles. The molecule has 0 aromatic heterocycles. The quantitative estimate of drug-likeness (QED) is 0.216. The van der Waals surface area contributed by atoms with E-state index in [1.165, 1.54) is 5.56 Å². The molecule has 1 aliphatic rings. The van der Waals surface area contributed by atoms with Gasteiger partial charge in [0, 0.05) is 33.4 Å². The molecule has 1 unspecified atom stereocenters. The third kappa shape index (κ3) is 10.2. The molecule has 0 amide bonds. The van der Waals surface area contributed by atoms with Crippen LogP contribution in [0.2, 0.25) is 0 Å². The lowest BCUT2D eigenvalue weighted by molar-refractivity contribution is 0.0168. The van der Waals surface area contributed by atoms with E-state index in [2.05, 4.69) is 27.8 Å². The van der Waals surface area contributed by atoms with E-state index in [1.54, 1.807) is 14.2 Å². The second kappa shape index (κ2) is 14.9. The van der Waals surface area contributed by atoms with Crippen molar-refractivity contribution in [2.75, 3.05) is 47.1 Å². The van der Waals surface area contributed by atoms with Gasteiger partial charge in [0.2, 0.25) is 0 Å². The van der Waals surface area contributed by atoms with E-state index in [9.17, 15) is 0 Å². The van der Waals surface area contributed by atoms with Crippen LogP contribution in [0.25, 0.3) is 0 Å². The molecule has 154 valence electrons. The molecule has 0 spiro atoms. The second-order valence-corrected chi connectivity index (χ2v) is 6.44. The summed E-state index contributed by atoms with van der Waals surface area (Å²) in [7, 11) is 3.49. The first-order valence-corrected chi connectivity index (χ1v) is 9.58. The molecule has 1 atom stereocenters. The first kappa shape index (κ1) is 24.0. The van der Waals surface area contributed by atoms with Crippen molar-refractivity contribution >= 4 is 29.9 Å². The maximum absolute atomic E-state index is 5.66. The van der Waals surface area contributed by atoms with E-state index in [0.717, 1.165) is 76.7 Å². The average Bonchev–Trinajstić information content (AvgIpc) is 3.20. The summed E-state index contributed by atoms with van der Waals surface area (Å²) in [6, 6.07) is 8.24. The molecule has 0 bridgehead atoms. The molecule has 2 rings (SSSR count). The zero-order valence-corrected chi connectivity index (χ0v) is 18.9. The first-order chi connectivity index (χ1) is 12.8. The smallest absolute Gasteiger partial charge is 0.190 e. The molecule has 2 N–H and O–H groups in total. The Morgan fingerprint density at radius 1 is 1.19 bits per heavy atom. The third-order valence-corrected chi connectivity index (χ3v) is 4.40. The fraction of sp³-hybridized carbons (Fsp3) is 0.650. The van der Waals surface area contributed by atoms with Gasteiger partial charge in [-0.2, -0.15) is 0 Å². The van der Waals surface area contributed by atoms with E-state index in [0.29, 0.717) is 6.10 Å². The number of methoxy groups -OCH3 is 1. The van der Waals surface area contributed by atoms with E-state index in [1.807, 2.05) is 12.1 Å². The molecule has 1 heterocycles. The fourth-order valence-corrected chi connectivity index (χ4v) is 2.88. The van der Waals surface area contributed by atoms with Crippen molar-refractivity contribution in [3.8, 4) is 5.75 Å². The number of guanidine groups is 1. The van der Waals surface area contributed by atoms with Crippen LogP contribution in [0.15, 0.2) is 29.3 Å². The van der Waals surface area contributed by atoms with Gasteiger partial charge in [-0.25, -0.2) is 0 Å². The van der Waals surface area contributed by atoms with Crippen molar-refractivity contribution in [1.82, 2.24) is 10.6 Å². The van der Waals surface area contributed by atoms with Gasteiger partial charge in [-0.3, -0.25) is 4.99 Å². The van der Waals surface area contributed by atoms with Crippen LogP contribution in [-0.2, 0) is 15.9 Å². The van der Waals surface area contributed by atoms with Gasteiger partial charge in [-0.1, -0.05) is 12.1 Å². The van der Waals surface area contributed by atoms with Crippen molar-refractivity contribution in [2.24, 2.45) is 4.99 Å². The molecular weight excluding hydrogens is 457 g/mol. The normalized spacial score (nSPS) is 16.7. The Morgan fingerprint density at radius 3 is 2.56 bits per heavy atom. The standard InChI is InChI=1S/C20H33N3O3.HI/c1-21-20(23-13-5-14-25-16-19-7-4-15-26-19)22-12-3-6-17-8-10-18(24-2)11-9-17;/h8-11,19H,3-7,12-16H2,1-2H3,(H2,21,22,23);1H. The molecule has 0 aliphatic carbocycles. The van der Waals surface area contributed by atoms with Gasteiger partial charge >= 0.3 is 0 Å². The minimum Gasteiger partial charge on any atom is -0.497 e. The lowest BCUT2D eigenvalue weighted by Gasteiger charge is -2.13. The van der Waals surface area contributed by atoms with Gasteiger partial charge in [-0.05, 0) is 49.8 Å². The van der Waals surface area contributed by atoms with Crippen LogP contribution in [0.3, 0.4) is 0 Å². The highest BCUT2D eigenvalue weighted by Gasteiger charge is 2.14. The summed E-state index contributed by atoms with van der Waals surface area (Å²) >= 11 is 0. The molecule has 1 saturated heterocycles. The number of halogens is 1. The van der Waals surface area contributed by atoms with Crippen LogP contribution in [0.5, 0.6) is 5.75 Å². The number of rotatable bonds is 11. The predicted molar refractivity (Wildman–Crippen MR) is 121 cm³/mol.